The number of hydrogen-bond acceptors (Lipinski definition) is 4. The van der Waals surface area contributed by atoms with Crippen LogP contribution < -0.4 is 10.1 Å². The lowest BCUT2D eigenvalue weighted by Crippen LogP contribution is -2.12. The van der Waals surface area contributed by atoms with E-state index in [0.29, 0.717) is 5.75 Å². The first-order valence-electron chi connectivity index (χ1n) is 5.90. The molecule has 0 bridgehead atoms. The number of carboxylic acids is 1. The summed E-state index contributed by atoms with van der Waals surface area (Å²) in [7, 11) is 0. The number of carboxylic acid groups (broad SMARTS) is 1. The van der Waals surface area contributed by atoms with Gasteiger partial charge in [0.25, 0.3) is 0 Å². The molecule has 0 atom stereocenters. The number of benzene rings is 1. The van der Waals surface area contributed by atoms with Crippen molar-refractivity contribution in [1.29, 1.82) is 0 Å². The predicted molar refractivity (Wildman–Crippen MR) is 74.4 cm³/mol. The average molecular weight is 277 g/mol. The van der Waals surface area contributed by atoms with Crippen LogP contribution in [0.5, 0.6) is 5.75 Å². The molecule has 0 saturated heterocycles. The highest BCUT2D eigenvalue weighted by Gasteiger charge is 2.00. The summed E-state index contributed by atoms with van der Waals surface area (Å²) in [5.41, 5.74) is 1.14. The Hall–Kier alpha value is -1.85. The maximum Gasteiger partial charge on any atom is 0.341 e. The van der Waals surface area contributed by atoms with Crippen molar-refractivity contribution >= 4 is 17.3 Å². The van der Waals surface area contributed by atoms with Gasteiger partial charge in [-0.2, -0.15) is 0 Å². The van der Waals surface area contributed by atoms with Gasteiger partial charge in [0.2, 0.25) is 0 Å². The standard InChI is InChI=1S/C14H15NO3S/c16-14(17)10-18-12-5-3-11(4-6-12)8-15-9-13-2-1-7-19-13/h1-7,15H,8-10H2,(H,16,17). The van der Waals surface area contributed by atoms with Crippen molar-refractivity contribution in [3.63, 3.8) is 0 Å². The highest BCUT2D eigenvalue weighted by atomic mass is 32.1. The van der Waals surface area contributed by atoms with E-state index in [1.807, 2.05) is 18.2 Å². The van der Waals surface area contributed by atoms with Gasteiger partial charge in [-0.25, -0.2) is 4.79 Å². The Bertz CT molecular complexity index is 508. The maximum atomic E-state index is 10.4. The predicted octanol–water partition coefficient (Wildman–Crippen LogP) is 2.50. The molecule has 0 aliphatic rings. The van der Waals surface area contributed by atoms with Crippen molar-refractivity contribution in [3.8, 4) is 5.75 Å². The molecule has 0 aliphatic heterocycles. The van der Waals surface area contributed by atoms with Crippen LogP contribution in [0.3, 0.4) is 0 Å². The van der Waals surface area contributed by atoms with Gasteiger partial charge in [0, 0.05) is 18.0 Å². The second-order valence-corrected chi connectivity index (χ2v) is 5.04. The minimum Gasteiger partial charge on any atom is -0.482 e. The Morgan fingerprint density at radius 1 is 1.21 bits per heavy atom. The van der Waals surface area contributed by atoms with Crippen LogP contribution in [0.15, 0.2) is 41.8 Å². The summed E-state index contributed by atoms with van der Waals surface area (Å²) in [6.45, 7) is 1.32. The van der Waals surface area contributed by atoms with Gasteiger partial charge in [-0.3, -0.25) is 0 Å². The zero-order valence-corrected chi connectivity index (χ0v) is 11.2. The van der Waals surface area contributed by atoms with Crippen molar-refractivity contribution < 1.29 is 14.6 Å². The molecule has 2 aromatic rings. The van der Waals surface area contributed by atoms with Gasteiger partial charge in [-0.05, 0) is 29.1 Å². The highest BCUT2D eigenvalue weighted by molar-refractivity contribution is 7.09. The van der Waals surface area contributed by atoms with Gasteiger partial charge in [-0.15, -0.1) is 11.3 Å². The Labute approximate surface area is 115 Å². The zero-order chi connectivity index (χ0) is 13.5. The number of aliphatic carboxylic acids is 1. The Balaban J connectivity index is 1.76. The molecule has 0 unspecified atom stereocenters. The third-order valence-corrected chi connectivity index (χ3v) is 3.37. The lowest BCUT2D eigenvalue weighted by molar-refractivity contribution is -0.139. The molecule has 100 valence electrons. The van der Waals surface area contributed by atoms with E-state index in [-0.39, 0.29) is 6.61 Å². The highest BCUT2D eigenvalue weighted by Crippen LogP contribution is 2.12. The summed E-state index contributed by atoms with van der Waals surface area (Å²) in [4.78, 5) is 11.7. The number of nitrogens with one attached hydrogen (secondary N) is 1. The second kappa shape index (κ2) is 6.92. The molecule has 5 heteroatoms. The Kier molecular flexibility index (Phi) is 4.94. The van der Waals surface area contributed by atoms with Crippen molar-refractivity contribution in [3.05, 3.63) is 52.2 Å². The molecule has 0 amide bonds. The van der Waals surface area contributed by atoms with Crippen LogP contribution in [0.1, 0.15) is 10.4 Å². The van der Waals surface area contributed by atoms with E-state index in [2.05, 4.69) is 16.8 Å². The van der Waals surface area contributed by atoms with Gasteiger partial charge < -0.3 is 15.2 Å². The van der Waals surface area contributed by atoms with Gasteiger partial charge in [0.1, 0.15) is 5.75 Å². The first-order valence-corrected chi connectivity index (χ1v) is 6.78. The molecule has 1 aromatic carbocycles. The molecule has 0 radical (unpaired) electrons. The molecule has 19 heavy (non-hydrogen) atoms. The van der Waals surface area contributed by atoms with Crippen LogP contribution in [0, 0.1) is 0 Å². The van der Waals surface area contributed by atoms with Crippen molar-refractivity contribution in [2.45, 2.75) is 13.1 Å². The Morgan fingerprint density at radius 3 is 2.63 bits per heavy atom. The normalized spacial score (nSPS) is 10.3. The molecule has 0 aliphatic carbocycles. The van der Waals surface area contributed by atoms with Gasteiger partial charge in [0.15, 0.2) is 6.61 Å². The fourth-order valence-corrected chi connectivity index (χ4v) is 2.27. The quantitative estimate of drug-likeness (QED) is 0.816. The van der Waals surface area contributed by atoms with E-state index in [9.17, 15) is 4.79 Å². The monoisotopic (exact) mass is 277 g/mol. The molecule has 1 aromatic heterocycles. The van der Waals surface area contributed by atoms with Crippen LogP contribution in [0.4, 0.5) is 0 Å². The lowest BCUT2D eigenvalue weighted by Gasteiger charge is -2.06. The summed E-state index contributed by atoms with van der Waals surface area (Å²) >= 11 is 1.73. The number of hydrogen-bond donors (Lipinski definition) is 2. The lowest BCUT2D eigenvalue weighted by atomic mass is 10.2. The van der Waals surface area contributed by atoms with Crippen LogP contribution in [-0.2, 0) is 17.9 Å². The fourth-order valence-electron chi connectivity index (χ4n) is 1.59. The number of ether oxygens (including phenoxy) is 1. The maximum absolute atomic E-state index is 10.4. The zero-order valence-electron chi connectivity index (χ0n) is 10.3. The van der Waals surface area contributed by atoms with Gasteiger partial charge in [0.05, 0.1) is 0 Å². The van der Waals surface area contributed by atoms with Crippen LogP contribution in [-0.4, -0.2) is 17.7 Å². The molecule has 0 saturated carbocycles. The number of rotatable bonds is 7. The molecule has 0 fully saturated rings. The first-order chi connectivity index (χ1) is 9.24. The molecule has 2 rings (SSSR count). The molecular formula is C14H15NO3S. The molecule has 0 spiro atoms. The average Bonchev–Trinajstić information content (AvgIpc) is 2.91. The molecule has 4 nitrogen and oxygen atoms in total. The number of thiophene rings is 1. The summed E-state index contributed by atoms with van der Waals surface area (Å²) in [5, 5.41) is 13.9. The summed E-state index contributed by atoms with van der Waals surface area (Å²) in [6.07, 6.45) is 0. The molecule has 1 heterocycles. The second-order valence-electron chi connectivity index (χ2n) is 4.01. The third-order valence-electron chi connectivity index (χ3n) is 2.49. The summed E-state index contributed by atoms with van der Waals surface area (Å²) < 4.78 is 5.07. The molecule has 2 N–H and O–H groups in total. The number of carbonyl (C=O) groups is 1. The Morgan fingerprint density at radius 2 is 2.00 bits per heavy atom. The van der Waals surface area contributed by atoms with Gasteiger partial charge >= 0.3 is 5.97 Å². The first kappa shape index (κ1) is 13.6. The van der Waals surface area contributed by atoms with Crippen LogP contribution in [0.25, 0.3) is 0 Å². The fraction of sp³-hybridized carbons (Fsp3) is 0.214. The van der Waals surface area contributed by atoms with E-state index in [1.165, 1.54) is 4.88 Å². The minimum absolute atomic E-state index is 0.310. The van der Waals surface area contributed by atoms with Crippen LogP contribution in [0.2, 0.25) is 0 Å². The largest absolute Gasteiger partial charge is 0.482 e. The van der Waals surface area contributed by atoms with E-state index < -0.39 is 5.97 Å². The summed E-state index contributed by atoms with van der Waals surface area (Å²) in [5.74, 6) is -0.397. The van der Waals surface area contributed by atoms with Crippen LogP contribution >= 0.6 is 11.3 Å². The van der Waals surface area contributed by atoms with Crippen molar-refractivity contribution in [2.24, 2.45) is 0 Å². The van der Waals surface area contributed by atoms with E-state index in [0.717, 1.165) is 18.7 Å². The van der Waals surface area contributed by atoms with Crippen molar-refractivity contribution in [1.82, 2.24) is 5.32 Å². The van der Waals surface area contributed by atoms with Gasteiger partial charge in [-0.1, -0.05) is 18.2 Å². The van der Waals surface area contributed by atoms with Crippen molar-refractivity contribution in [2.75, 3.05) is 6.61 Å². The third kappa shape index (κ3) is 4.73. The van der Waals surface area contributed by atoms with E-state index in [4.69, 9.17) is 9.84 Å². The topological polar surface area (TPSA) is 58.6 Å². The summed E-state index contributed by atoms with van der Waals surface area (Å²) in [6, 6.07) is 11.6. The minimum atomic E-state index is -0.971. The SMILES string of the molecule is O=C(O)COc1ccc(CNCc2cccs2)cc1. The smallest absolute Gasteiger partial charge is 0.341 e. The van der Waals surface area contributed by atoms with E-state index in [1.54, 1.807) is 23.5 Å². The molecular weight excluding hydrogens is 262 g/mol. The van der Waals surface area contributed by atoms with E-state index >= 15 is 0 Å².